The lowest BCUT2D eigenvalue weighted by Gasteiger charge is -2.25. The monoisotopic (exact) mass is 340 g/mol. The highest BCUT2D eigenvalue weighted by molar-refractivity contribution is 7.99. The number of thioether (sulfide) groups is 1. The summed E-state index contributed by atoms with van der Waals surface area (Å²) in [5.74, 6) is 1.97. The van der Waals surface area contributed by atoms with Gasteiger partial charge in [0.1, 0.15) is 0 Å². The Morgan fingerprint density at radius 1 is 1.37 bits per heavy atom. The molecule has 8 heteroatoms. The van der Waals surface area contributed by atoms with Crippen LogP contribution in [0.25, 0.3) is 0 Å². The molecule has 0 bridgehead atoms. The van der Waals surface area contributed by atoms with Crippen LogP contribution < -0.4 is 5.32 Å². The van der Waals surface area contributed by atoms with Crippen molar-refractivity contribution in [2.45, 2.75) is 6.54 Å². The summed E-state index contributed by atoms with van der Waals surface area (Å²) >= 11 is 9.21. The number of sulfonamides is 1. The van der Waals surface area contributed by atoms with Crippen LogP contribution >= 0.6 is 34.7 Å². The minimum atomic E-state index is -3.10. The molecule has 0 saturated carbocycles. The van der Waals surface area contributed by atoms with Crippen LogP contribution in [0, 0.1) is 0 Å². The maximum absolute atomic E-state index is 12.1. The van der Waals surface area contributed by atoms with Crippen LogP contribution in [-0.2, 0) is 16.6 Å². The van der Waals surface area contributed by atoms with Gasteiger partial charge in [0.15, 0.2) is 0 Å². The summed E-state index contributed by atoms with van der Waals surface area (Å²) in [6, 6.07) is 1.90. The molecule has 0 amide bonds. The predicted molar refractivity (Wildman–Crippen MR) is 83.7 cm³/mol. The molecular formula is C11H17ClN2O2S3. The molecule has 0 unspecified atom stereocenters. The molecule has 2 rings (SSSR count). The summed E-state index contributed by atoms with van der Waals surface area (Å²) in [6.07, 6.45) is 0. The molecule has 0 radical (unpaired) electrons. The van der Waals surface area contributed by atoms with Gasteiger partial charge in [0.2, 0.25) is 10.0 Å². The molecule has 0 aromatic carbocycles. The summed E-state index contributed by atoms with van der Waals surface area (Å²) in [7, 11) is -3.10. The van der Waals surface area contributed by atoms with E-state index in [0.29, 0.717) is 26.2 Å². The van der Waals surface area contributed by atoms with Gasteiger partial charge in [-0.15, -0.1) is 11.3 Å². The van der Waals surface area contributed by atoms with E-state index in [-0.39, 0.29) is 5.75 Å². The number of nitrogens with one attached hydrogen (secondary N) is 1. The van der Waals surface area contributed by atoms with Crippen molar-refractivity contribution < 1.29 is 8.42 Å². The largest absolute Gasteiger partial charge is 0.311 e. The SMILES string of the molecule is O=S(=O)(CCNCc1cc(Cl)cs1)N1CCSCC1. The fourth-order valence-electron chi connectivity index (χ4n) is 1.81. The fourth-order valence-corrected chi connectivity index (χ4v) is 5.39. The first kappa shape index (κ1) is 15.6. The molecule has 1 fully saturated rings. The van der Waals surface area contributed by atoms with Crippen molar-refractivity contribution in [3.05, 3.63) is 21.3 Å². The summed E-state index contributed by atoms with van der Waals surface area (Å²) in [5, 5.41) is 5.76. The van der Waals surface area contributed by atoms with Crippen molar-refractivity contribution in [3.63, 3.8) is 0 Å². The Labute approximate surface area is 127 Å². The normalized spacial score (nSPS) is 17.7. The third kappa shape index (κ3) is 4.91. The number of nitrogens with zero attached hydrogens (tertiary/aromatic N) is 1. The second-order valence-electron chi connectivity index (χ2n) is 4.24. The van der Waals surface area contributed by atoms with E-state index in [1.807, 2.05) is 23.2 Å². The Kier molecular flexibility index (Phi) is 5.98. The van der Waals surface area contributed by atoms with Crippen molar-refractivity contribution in [3.8, 4) is 0 Å². The van der Waals surface area contributed by atoms with Gasteiger partial charge in [0, 0.05) is 47.9 Å². The van der Waals surface area contributed by atoms with Crippen molar-refractivity contribution >= 4 is 44.7 Å². The van der Waals surface area contributed by atoms with Crippen molar-refractivity contribution in [2.24, 2.45) is 0 Å². The molecule has 19 heavy (non-hydrogen) atoms. The van der Waals surface area contributed by atoms with Crippen LogP contribution in [0.4, 0.5) is 0 Å². The first-order valence-electron chi connectivity index (χ1n) is 6.07. The molecule has 2 heterocycles. The molecular weight excluding hydrogens is 324 g/mol. The Morgan fingerprint density at radius 2 is 2.11 bits per heavy atom. The molecule has 108 valence electrons. The fraction of sp³-hybridized carbons (Fsp3) is 0.636. The predicted octanol–water partition coefficient (Wildman–Crippen LogP) is 1.87. The number of hydrogen-bond donors (Lipinski definition) is 1. The van der Waals surface area contributed by atoms with Gasteiger partial charge in [-0.1, -0.05) is 11.6 Å². The summed E-state index contributed by atoms with van der Waals surface area (Å²) in [5.41, 5.74) is 0. The quantitative estimate of drug-likeness (QED) is 0.803. The molecule has 1 aliphatic heterocycles. The standard InChI is InChI=1S/C11H17ClN2O2S3/c12-10-7-11(18-9-10)8-13-1-6-19(15,16)14-2-4-17-5-3-14/h7,9,13H,1-6,8H2. The van der Waals surface area contributed by atoms with Gasteiger partial charge in [-0.05, 0) is 6.07 Å². The summed E-state index contributed by atoms with van der Waals surface area (Å²) in [6.45, 7) is 2.44. The number of rotatable bonds is 6. The van der Waals surface area contributed by atoms with Gasteiger partial charge < -0.3 is 5.32 Å². The average Bonchev–Trinajstić information content (AvgIpc) is 2.82. The van der Waals surface area contributed by atoms with Gasteiger partial charge >= 0.3 is 0 Å². The van der Waals surface area contributed by atoms with E-state index in [0.717, 1.165) is 21.4 Å². The Morgan fingerprint density at radius 3 is 2.74 bits per heavy atom. The summed E-state index contributed by atoms with van der Waals surface area (Å²) in [4.78, 5) is 1.12. The molecule has 1 aliphatic rings. The van der Waals surface area contributed by atoms with Crippen LogP contribution in [0.5, 0.6) is 0 Å². The third-order valence-corrected chi connectivity index (χ3v) is 6.92. The molecule has 1 N–H and O–H groups in total. The highest BCUT2D eigenvalue weighted by Gasteiger charge is 2.23. The zero-order valence-corrected chi connectivity index (χ0v) is 13.7. The van der Waals surface area contributed by atoms with Crippen molar-refractivity contribution in [2.75, 3.05) is 36.9 Å². The molecule has 4 nitrogen and oxygen atoms in total. The second-order valence-corrected chi connectivity index (χ2v) is 8.98. The maximum Gasteiger partial charge on any atom is 0.215 e. The molecule has 0 aliphatic carbocycles. The lowest BCUT2D eigenvalue weighted by atomic mass is 10.4. The summed E-state index contributed by atoms with van der Waals surface area (Å²) < 4.78 is 25.7. The molecule has 1 saturated heterocycles. The topological polar surface area (TPSA) is 49.4 Å². The number of halogens is 1. The zero-order valence-electron chi connectivity index (χ0n) is 10.5. The molecule has 1 aromatic heterocycles. The van der Waals surface area contributed by atoms with E-state index in [1.165, 1.54) is 0 Å². The lowest BCUT2D eigenvalue weighted by Crippen LogP contribution is -2.41. The minimum Gasteiger partial charge on any atom is -0.311 e. The van der Waals surface area contributed by atoms with Crippen LogP contribution in [0.1, 0.15) is 4.88 Å². The maximum atomic E-state index is 12.1. The number of thiophene rings is 1. The zero-order chi connectivity index (χ0) is 13.7. The van der Waals surface area contributed by atoms with E-state index >= 15 is 0 Å². The van der Waals surface area contributed by atoms with Crippen LogP contribution in [-0.4, -0.2) is 49.6 Å². The highest BCUT2D eigenvalue weighted by Crippen LogP contribution is 2.18. The molecule has 1 aromatic rings. The van der Waals surface area contributed by atoms with Gasteiger partial charge in [-0.2, -0.15) is 11.8 Å². The number of hydrogen-bond acceptors (Lipinski definition) is 5. The van der Waals surface area contributed by atoms with Gasteiger partial charge in [-0.25, -0.2) is 12.7 Å². The van der Waals surface area contributed by atoms with Crippen molar-refractivity contribution in [1.82, 2.24) is 9.62 Å². The van der Waals surface area contributed by atoms with Crippen LogP contribution in [0.15, 0.2) is 11.4 Å². The first-order valence-corrected chi connectivity index (χ1v) is 10.1. The van der Waals surface area contributed by atoms with Gasteiger partial charge in [0.05, 0.1) is 10.8 Å². The van der Waals surface area contributed by atoms with Crippen LogP contribution in [0.3, 0.4) is 0 Å². The second kappa shape index (κ2) is 7.28. The Balaban J connectivity index is 1.72. The first-order chi connectivity index (χ1) is 9.08. The van der Waals surface area contributed by atoms with E-state index in [2.05, 4.69) is 5.32 Å². The third-order valence-electron chi connectivity index (χ3n) is 2.82. The molecule has 0 atom stereocenters. The Hall–Kier alpha value is 0.210. The minimum absolute atomic E-state index is 0.163. The lowest BCUT2D eigenvalue weighted by molar-refractivity contribution is 0.442. The van der Waals surface area contributed by atoms with E-state index in [9.17, 15) is 8.42 Å². The van der Waals surface area contributed by atoms with E-state index < -0.39 is 10.0 Å². The van der Waals surface area contributed by atoms with E-state index in [1.54, 1.807) is 15.6 Å². The molecule has 0 spiro atoms. The van der Waals surface area contributed by atoms with Gasteiger partial charge in [-0.3, -0.25) is 0 Å². The van der Waals surface area contributed by atoms with Crippen molar-refractivity contribution in [1.29, 1.82) is 0 Å². The highest BCUT2D eigenvalue weighted by atomic mass is 35.5. The van der Waals surface area contributed by atoms with Gasteiger partial charge in [0.25, 0.3) is 0 Å². The van der Waals surface area contributed by atoms with Crippen LogP contribution in [0.2, 0.25) is 5.02 Å². The Bertz CT molecular complexity index is 498. The smallest absolute Gasteiger partial charge is 0.215 e. The van der Waals surface area contributed by atoms with E-state index in [4.69, 9.17) is 11.6 Å². The average molecular weight is 341 g/mol.